The molecule has 1 aromatic carbocycles. The van der Waals surface area contributed by atoms with Crippen LogP contribution >= 0.6 is 0 Å². The second kappa shape index (κ2) is 5.43. The molecule has 1 heterocycles. The first kappa shape index (κ1) is 14.0. The highest BCUT2D eigenvalue weighted by Crippen LogP contribution is 2.36. The fraction of sp³-hybridized carbons (Fsp3) is 0.412. The van der Waals surface area contributed by atoms with Gasteiger partial charge in [0.05, 0.1) is 16.8 Å². The van der Waals surface area contributed by atoms with E-state index in [0.29, 0.717) is 10.9 Å². The third-order valence-electron chi connectivity index (χ3n) is 4.47. The molecule has 1 saturated carbocycles. The van der Waals surface area contributed by atoms with Gasteiger partial charge < -0.3 is 5.73 Å². The van der Waals surface area contributed by atoms with E-state index in [-0.39, 0.29) is 11.7 Å². The second-order valence-electron chi connectivity index (χ2n) is 6.08. The van der Waals surface area contributed by atoms with Crippen LogP contribution in [0.1, 0.15) is 54.6 Å². The number of nitrogens with zero attached hydrogens (tertiary/aromatic N) is 1. The first-order valence-electron chi connectivity index (χ1n) is 7.44. The molecule has 1 aromatic heterocycles. The van der Waals surface area contributed by atoms with E-state index in [1.54, 1.807) is 12.1 Å². The van der Waals surface area contributed by atoms with E-state index < -0.39 is 5.91 Å². The molecule has 3 nitrogen and oxygen atoms in total. The van der Waals surface area contributed by atoms with Crippen molar-refractivity contribution in [1.82, 2.24) is 4.98 Å². The minimum Gasteiger partial charge on any atom is -0.366 e. The highest BCUT2D eigenvalue weighted by molar-refractivity contribution is 5.97. The summed E-state index contributed by atoms with van der Waals surface area (Å²) in [6.45, 7) is 2.25. The van der Waals surface area contributed by atoms with E-state index in [4.69, 9.17) is 5.73 Å². The van der Waals surface area contributed by atoms with Gasteiger partial charge in [-0.2, -0.15) is 0 Å². The van der Waals surface area contributed by atoms with Crippen LogP contribution in [-0.4, -0.2) is 10.9 Å². The average Bonchev–Trinajstić information content (AvgIpc) is 2.46. The summed E-state index contributed by atoms with van der Waals surface area (Å²) in [5.41, 5.74) is 7.45. The Labute approximate surface area is 123 Å². The molecule has 4 heteroatoms. The molecule has 0 atom stereocenters. The van der Waals surface area contributed by atoms with Crippen molar-refractivity contribution in [2.45, 2.75) is 38.5 Å². The standard InChI is InChI=1S/C17H19FN2O/c1-10-2-4-11(5-3-10)16-14(17(19)21)9-12-8-13(18)6-7-15(12)20-16/h6-11H,2-5H2,1H3,(H2,19,21). The second-order valence-corrected chi connectivity index (χ2v) is 6.08. The molecule has 0 bridgehead atoms. The number of fused-ring (bicyclic) bond motifs is 1. The monoisotopic (exact) mass is 286 g/mol. The maximum Gasteiger partial charge on any atom is 0.250 e. The summed E-state index contributed by atoms with van der Waals surface area (Å²) in [7, 11) is 0. The molecule has 1 amide bonds. The van der Waals surface area contributed by atoms with Crippen molar-refractivity contribution >= 4 is 16.8 Å². The molecular weight excluding hydrogens is 267 g/mol. The zero-order valence-corrected chi connectivity index (χ0v) is 12.1. The highest BCUT2D eigenvalue weighted by atomic mass is 19.1. The van der Waals surface area contributed by atoms with E-state index in [2.05, 4.69) is 11.9 Å². The number of rotatable bonds is 2. The molecule has 1 aliphatic rings. The van der Waals surface area contributed by atoms with E-state index in [9.17, 15) is 9.18 Å². The SMILES string of the molecule is CC1CCC(c2nc3ccc(F)cc3cc2C(N)=O)CC1. The van der Waals surface area contributed by atoms with Crippen LogP contribution in [0.4, 0.5) is 4.39 Å². The molecule has 0 saturated heterocycles. The van der Waals surface area contributed by atoms with Gasteiger partial charge in [-0.3, -0.25) is 9.78 Å². The molecule has 0 radical (unpaired) electrons. The summed E-state index contributed by atoms with van der Waals surface area (Å²) >= 11 is 0. The van der Waals surface area contributed by atoms with Gasteiger partial charge >= 0.3 is 0 Å². The molecule has 3 rings (SSSR count). The average molecular weight is 286 g/mol. The largest absolute Gasteiger partial charge is 0.366 e. The van der Waals surface area contributed by atoms with Gasteiger partial charge in [0.15, 0.2) is 0 Å². The molecule has 110 valence electrons. The quantitative estimate of drug-likeness (QED) is 0.913. The van der Waals surface area contributed by atoms with E-state index >= 15 is 0 Å². The fourth-order valence-electron chi connectivity index (χ4n) is 3.20. The van der Waals surface area contributed by atoms with Crippen LogP contribution in [0.2, 0.25) is 0 Å². The van der Waals surface area contributed by atoms with Crippen molar-refractivity contribution in [3.63, 3.8) is 0 Å². The summed E-state index contributed by atoms with van der Waals surface area (Å²) in [5, 5.41) is 0.622. The number of nitrogens with two attached hydrogens (primary N) is 1. The number of hydrogen-bond donors (Lipinski definition) is 1. The lowest BCUT2D eigenvalue weighted by molar-refractivity contribution is 0.0998. The Hall–Kier alpha value is -1.97. The smallest absolute Gasteiger partial charge is 0.250 e. The van der Waals surface area contributed by atoms with Crippen LogP contribution < -0.4 is 5.73 Å². The Morgan fingerprint density at radius 3 is 2.62 bits per heavy atom. The Kier molecular flexibility index (Phi) is 3.62. The number of carbonyl (C=O) groups excluding carboxylic acids is 1. The van der Waals surface area contributed by atoms with Crippen molar-refractivity contribution in [2.24, 2.45) is 11.7 Å². The predicted octanol–water partition coefficient (Wildman–Crippen LogP) is 3.77. The number of amides is 1. The van der Waals surface area contributed by atoms with Crippen LogP contribution in [0.25, 0.3) is 10.9 Å². The lowest BCUT2D eigenvalue weighted by Gasteiger charge is -2.27. The summed E-state index contributed by atoms with van der Waals surface area (Å²) in [5.74, 6) is 0.187. The number of pyridine rings is 1. The molecule has 0 spiro atoms. The third-order valence-corrected chi connectivity index (χ3v) is 4.47. The van der Waals surface area contributed by atoms with E-state index in [1.807, 2.05) is 0 Å². The number of aromatic nitrogens is 1. The number of halogens is 1. The Morgan fingerprint density at radius 1 is 1.24 bits per heavy atom. The molecule has 21 heavy (non-hydrogen) atoms. The van der Waals surface area contributed by atoms with Gasteiger partial charge in [0, 0.05) is 11.3 Å². The molecular formula is C17H19FN2O. The number of primary amides is 1. The topological polar surface area (TPSA) is 56.0 Å². The van der Waals surface area contributed by atoms with Gasteiger partial charge in [0.25, 0.3) is 5.91 Å². The van der Waals surface area contributed by atoms with Gasteiger partial charge in [0.2, 0.25) is 0 Å². The van der Waals surface area contributed by atoms with Crippen LogP contribution in [0, 0.1) is 11.7 Å². The Bertz CT molecular complexity index is 690. The van der Waals surface area contributed by atoms with Crippen LogP contribution in [0.3, 0.4) is 0 Å². The van der Waals surface area contributed by atoms with Gasteiger partial charge in [0.1, 0.15) is 5.82 Å². The van der Waals surface area contributed by atoms with Gasteiger partial charge in [-0.15, -0.1) is 0 Å². The summed E-state index contributed by atoms with van der Waals surface area (Å²) < 4.78 is 13.3. The van der Waals surface area contributed by atoms with Crippen LogP contribution in [0.5, 0.6) is 0 Å². The van der Waals surface area contributed by atoms with Crippen molar-refractivity contribution in [3.8, 4) is 0 Å². The number of hydrogen-bond acceptors (Lipinski definition) is 2. The van der Waals surface area contributed by atoms with Gasteiger partial charge in [-0.25, -0.2) is 4.39 Å². The molecule has 0 unspecified atom stereocenters. The van der Waals surface area contributed by atoms with Gasteiger partial charge in [-0.1, -0.05) is 19.8 Å². The molecule has 1 fully saturated rings. The zero-order chi connectivity index (χ0) is 15.0. The number of benzene rings is 1. The molecule has 1 aliphatic carbocycles. The number of carbonyl (C=O) groups is 1. The minimum atomic E-state index is -0.484. The predicted molar refractivity (Wildman–Crippen MR) is 80.6 cm³/mol. The minimum absolute atomic E-state index is 0.276. The van der Waals surface area contributed by atoms with Crippen molar-refractivity contribution in [2.75, 3.05) is 0 Å². The molecule has 0 aliphatic heterocycles. The first-order valence-corrected chi connectivity index (χ1v) is 7.44. The van der Waals surface area contributed by atoms with Crippen molar-refractivity contribution in [3.05, 3.63) is 41.3 Å². The summed E-state index contributed by atoms with van der Waals surface area (Å²) in [6.07, 6.45) is 4.35. The van der Waals surface area contributed by atoms with Gasteiger partial charge in [-0.05, 0) is 43.0 Å². The summed E-state index contributed by atoms with van der Waals surface area (Å²) in [4.78, 5) is 16.4. The maximum atomic E-state index is 13.3. The van der Waals surface area contributed by atoms with Crippen LogP contribution in [0.15, 0.2) is 24.3 Å². The van der Waals surface area contributed by atoms with Crippen molar-refractivity contribution in [1.29, 1.82) is 0 Å². The highest BCUT2D eigenvalue weighted by Gasteiger charge is 2.25. The summed E-state index contributed by atoms with van der Waals surface area (Å²) in [6, 6.07) is 6.12. The Morgan fingerprint density at radius 2 is 1.95 bits per heavy atom. The van der Waals surface area contributed by atoms with E-state index in [0.717, 1.165) is 42.8 Å². The third kappa shape index (κ3) is 2.75. The normalized spacial score (nSPS) is 22.4. The molecule has 2 N–H and O–H groups in total. The first-order chi connectivity index (χ1) is 10.0. The lowest BCUT2D eigenvalue weighted by Crippen LogP contribution is -2.19. The Balaban J connectivity index is 2.09. The molecule has 2 aromatic rings. The maximum absolute atomic E-state index is 13.3. The zero-order valence-electron chi connectivity index (χ0n) is 12.1. The lowest BCUT2D eigenvalue weighted by atomic mass is 9.80. The van der Waals surface area contributed by atoms with E-state index in [1.165, 1.54) is 12.1 Å². The fourth-order valence-corrected chi connectivity index (χ4v) is 3.20. The van der Waals surface area contributed by atoms with Crippen molar-refractivity contribution < 1.29 is 9.18 Å². The van der Waals surface area contributed by atoms with Crippen LogP contribution in [-0.2, 0) is 0 Å².